The van der Waals surface area contributed by atoms with Gasteiger partial charge in [0, 0.05) is 0 Å². The van der Waals surface area contributed by atoms with Crippen LogP contribution >= 0.6 is 58.1 Å². The second-order valence-electron chi connectivity index (χ2n) is 0.175. The maximum absolute atomic E-state index is 2.51. The summed E-state index contributed by atoms with van der Waals surface area (Å²) < 4.78 is 0. The standard InChI is InChI=1S/3HI.W/h3*1H;/q;;;+3/p-3. The zero-order valence-electron chi connectivity index (χ0n) is 1.54. The molecule has 0 nitrogen and oxygen atoms in total. The molecule has 0 aliphatic heterocycles. The second kappa shape index (κ2) is 4.05. The Kier molecular flexibility index (Phi) is 6.96. The minimum absolute atomic E-state index is 0.618. The Balaban J connectivity index is 2.32. The summed E-state index contributed by atoms with van der Waals surface area (Å²) in [5.74, 6) is 0. The molecule has 0 spiro atoms. The molecule has 4 heteroatoms. The van der Waals surface area contributed by atoms with Crippen LogP contribution in [0.2, 0.25) is 0 Å². The van der Waals surface area contributed by atoms with Gasteiger partial charge in [0.25, 0.3) is 0 Å². The van der Waals surface area contributed by atoms with Crippen molar-refractivity contribution in [2.75, 3.05) is 0 Å². The van der Waals surface area contributed by atoms with E-state index in [0.717, 1.165) is 0 Å². The molecule has 0 aromatic heterocycles. The zero-order valence-corrected chi connectivity index (χ0v) is 10.9. The van der Waals surface area contributed by atoms with E-state index in [-0.39, 0.29) is 0 Å². The molecular weight excluding hydrogens is 565 g/mol. The summed E-state index contributed by atoms with van der Waals surface area (Å²) in [4.78, 5) is 0. The second-order valence-corrected chi connectivity index (χ2v) is 64.4. The van der Waals surface area contributed by atoms with Crippen LogP contribution in [0.25, 0.3) is 0 Å². The molecule has 0 fully saturated rings. The Bertz CT molecular complexity index is 8.00. The average molecular weight is 565 g/mol. The van der Waals surface area contributed by atoms with Crippen LogP contribution in [0.15, 0.2) is 0 Å². The van der Waals surface area contributed by atoms with Gasteiger partial charge in [-0.15, -0.1) is 0 Å². The van der Waals surface area contributed by atoms with Crippen molar-refractivity contribution in [2.45, 2.75) is 0 Å². The molecule has 0 atom stereocenters. The summed E-state index contributed by atoms with van der Waals surface area (Å²) in [6.07, 6.45) is -0.618. The predicted molar refractivity (Wildman–Crippen MR) is 42.1 cm³/mol. The number of rotatable bonds is 0. The third-order valence-electron chi connectivity index (χ3n) is 0. The van der Waals surface area contributed by atoms with E-state index in [1.54, 1.807) is 0 Å². The van der Waals surface area contributed by atoms with Gasteiger partial charge in [-0.05, 0) is 0 Å². The van der Waals surface area contributed by atoms with Gasteiger partial charge < -0.3 is 0 Å². The molecule has 0 N–H and O–H groups in total. The van der Waals surface area contributed by atoms with Crippen molar-refractivity contribution in [1.82, 2.24) is 0 Å². The van der Waals surface area contributed by atoms with Crippen LogP contribution in [0, 0.1) is 0 Å². The van der Waals surface area contributed by atoms with E-state index in [0.29, 0.717) is 0 Å². The molecule has 0 aromatic carbocycles. The first kappa shape index (κ1) is 6.88. The molecule has 0 aliphatic carbocycles. The Morgan fingerprint density at radius 2 is 1.00 bits per heavy atom. The van der Waals surface area contributed by atoms with Gasteiger partial charge in [-0.1, -0.05) is 0 Å². The van der Waals surface area contributed by atoms with Gasteiger partial charge in [-0.3, -0.25) is 0 Å². The van der Waals surface area contributed by atoms with Crippen molar-refractivity contribution in [3.8, 4) is 0 Å². The summed E-state index contributed by atoms with van der Waals surface area (Å²) in [5.41, 5.74) is 0. The summed E-state index contributed by atoms with van der Waals surface area (Å²) in [5, 5.41) is 0. The van der Waals surface area contributed by atoms with Crippen molar-refractivity contribution in [3.63, 3.8) is 0 Å². The zero-order chi connectivity index (χ0) is 3.58. The van der Waals surface area contributed by atoms with Crippen molar-refractivity contribution in [1.29, 1.82) is 0 Å². The van der Waals surface area contributed by atoms with Gasteiger partial charge in [0.1, 0.15) is 0 Å². The monoisotopic (exact) mass is 565 g/mol. The van der Waals surface area contributed by atoms with Crippen LogP contribution in [0.1, 0.15) is 0 Å². The van der Waals surface area contributed by atoms with Gasteiger partial charge in [-0.2, -0.15) is 0 Å². The average Bonchev–Trinajstić information content (AvgIpc) is 0.811. The summed E-state index contributed by atoms with van der Waals surface area (Å²) in [7, 11) is 0. The number of halogens is 3. The van der Waals surface area contributed by atoms with Crippen molar-refractivity contribution >= 4 is 58.1 Å². The Morgan fingerprint density at radius 3 is 1.00 bits per heavy atom. The van der Waals surface area contributed by atoms with Crippen molar-refractivity contribution in [3.05, 3.63) is 0 Å². The predicted octanol–water partition coefficient (Wildman–Crippen LogP) is 2.65. The molecule has 0 heterocycles. The fourth-order valence-corrected chi connectivity index (χ4v) is 0. The van der Waals surface area contributed by atoms with E-state index in [1.807, 2.05) is 0 Å². The van der Waals surface area contributed by atoms with Crippen LogP contribution in [-0.4, -0.2) is 0 Å². The SMILES string of the molecule is [I][W]([I])[I]. The van der Waals surface area contributed by atoms with Gasteiger partial charge in [0.15, 0.2) is 0 Å². The first-order valence-corrected chi connectivity index (χ1v) is 25.4. The van der Waals surface area contributed by atoms with Crippen molar-refractivity contribution < 1.29 is 6.27 Å². The molecule has 4 heavy (non-hydrogen) atoms. The number of hydrogen-bond acceptors (Lipinski definition) is 0. The maximum atomic E-state index is 2.51. The fourth-order valence-electron chi connectivity index (χ4n) is 0. The first-order chi connectivity index (χ1) is 1.73. The molecule has 0 aliphatic rings. The van der Waals surface area contributed by atoms with E-state index >= 15 is 0 Å². The van der Waals surface area contributed by atoms with Gasteiger partial charge >= 0.3 is 64.3 Å². The van der Waals surface area contributed by atoms with Gasteiger partial charge in [-0.25, -0.2) is 0 Å². The summed E-state index contributed by atoms with van der Waals surface area (Å²) in [6, 6.07) is 0. The van der Waals surface area contributed by atoms with Crippen LogP contribution < -0.4 is 0 Å². The van der Waals surface area contributed by atoms with Crippen LogP contribution in [0.5, 0.6) is 0 Å². The molecule has 0 amide bonds. The van der Waals surface area contributed by atoms with Crippen LogP contribution in [-0.2, 0) is 6.27 Å². The fraction of sp³-hybridized carbons (Fsp3) is 0. The normalized spacial score (nSPS) is 9.00. The quantitative estimate of drug-likeness (QED) is 0.397. The summed E-state index contributed by atoms with van der Waals surface area (Å²) >= 11 is 7.53. The third-order valence-corrected chi connectivity index (χ3v) is 0. The molecule has 0 unspecified atom stereocenters. The van der Waals surface area contributed by atoms with Crippen LogP contribution in [0.3, 0.4) is 0 Å². The van der Waals surface area contributed by atoms with Gasteiger partial charge in [0.05, 0.1) is 0 Å². The molecule has 27 valence electrons. The van der Waals surface area contributed by atoms with E-state index in [1.165, 1.54) is 0 Å². The van der Waals surface area contributed by atoms with E-state index < -0.39 is 6.27 Å². The minimum atomic E-state index is -0.618. The van der Waals surface area contributed by atoms with Crippen molar-refractivity contribution in [2.24, 2.45) is 0 Å². The molecular formula is I3W. The molecule has 0 bridgehead atoms. The Labute approximate surface area is 62.5 Å². The molecule has 0 aromatic rings. The topological polar surface area (TPSA) is 0 Å². The summed E-state index contributed by atoms with van der Waals surface area (Å²) in [6.45, 7) is 0. The third kappa shape index (κ3) is 8.86. The van der Waals surface area contributed by atoms with Gasteiger partial charge in [0.2, 0.25) is 0 Å². The molecule has 0 saturated carbocycles. The molecule has 0 saturated heterocycles. The Morgan fingerprint density at radius 1 is 1.00 bits per heavy atom. The number of hydrogen-bond donors (Lipinski definition) is 0. The Hall–Kier alpha value is 2.88. The molecule has 0 rings (SSSR count). The van der Waals surface area contributed by atoms with Crippen LogP contribution in [0.4, 0.5) is 0 Å². The first-order valence-electron chi connectivity index (χ1n) is 0.463. The van der Waals surface area contributed by atoms with E-state index in [9.17, 15) is 0 Å². The van der Waals surface area contributed by atoms with E-state index in [2.05, 4.69) is 58.1 Å². The van der Waals surface area contributed by atoms with E-state index in [4.69, 9.17) is 0 Å². The molecule has 0 radical (unpaired) electrons.